The lowest BCUT2D eigenvalue weighted by Crippen LogP contribution is -2.51. The Bertz CT molecular complexity index is 941. The predicted octanol–water partition coefficient (Wildman–Crippen LogP) is 4.58. The van der Waals surface area contributed by atoms with Crippen LogP contribution in [0.1, 0.15) is 48.9 Å². The van der Waals surface area contributed by atoms with E-state index < -0.39 is 0 Å². The van der Waals surface area contributed by atoms with Crippen molar-refractivity contribution < 1.29 is 14.3 Å². The van der Waals surface area contributed by atoms with Gasteiger partial charge in [-0.25, -0.2) is 14.8 Å². The normalized spacial score (nSPS) is 17.0. The van der Waals surface area contributed by atoms with Gasteiger partial charge in [-0.05, 0) is 46.5 Å². The average Bonchev–Trinajstić information content (AvgIpc) is 2.86. The van der Waals surface area contributed by atoms with E-state index in [1.54, 1.807) is 22.2 Å². The largest absolute Gasteiger partial charge is 0.494 e. The maximum atomic E-state index is 13.0. The molecule has 0 spiro atoms. The van der Waals surface area contributed by atoms with E-state index in [1.807, 2.05) is 24.3 Å². The molecule has 176 valence electrons. The van der Waals surface area contributed by atoms with Gasteiger partial charge in [-0.1, -0.05) is 38.2 Å². The minimum atomic E-state index is -0.266. The zero-order valence-corrected chi connectivity index (χ0v) is 20.3. The average molecular weight is 516 g/mol. The topological polar surface area (TPSA) is 87.7 Å². The van der Waals surface area contributed by atoms with Gasteiger partial charge in [0.1, 0.15) is 5.75 Å². The third-order valence-electron chi connectivity index (χ3n) is 6.29. The number of carbonyl (C=O) groups excluding carboxylic acids is 2. The highest BCUT2D eigenvalue weighted by atomic mass is 79.9. The van der Waals surface area contributed by atoms with Gasteiger partial charge in [-0.15, -0.1) is 0 Å². The van der Waals surface area contributed by atoms with Crippen LogP contribution in [0.25, 0.3) is 0 Å². The number of benzene rings is 1. The number of nitrogens with one attached hydrogen (secondary N) is 1. The van der Waals surface area contributed by atoms with Crippen LogP contribution in [-0.4, -0.2) is 64.5 Å². The molecule has 1 aliphatic carbocycles. The van der Waals surface area contributed by atoms with Gasteiger partial charge in [0, 0.05) is 44.1 Å². The molecule has 4 rings (SSSR count). The number of rotatable bonds is 6. The summed E-state index contributed by atoms with van der Waals surface area (Å²) in [6.45, 7) is 2.54. The maximum absolute atomic E-state index is 13.0. The van der Waals surface area contributed by atoms with Crippen LogP contribution in [0.5, 0.6) is 5.75 Å². The number of carbonyl (C=O) groups is 2. The second-order valence-corrected chi connectivity index (χ2v) is 9.52. The fourth-order valence-electron chi connectivity index (χ4n) is 4.38. The van der Waals surface area contributed by atoms with Crippen molar-refractivity contribution in [2.24, 2.45) is 5.92 Å². The second kappa shape index (κ2) is 11.4. The Balaban J connectivity index is 1.24. The van der Waals surface area contributed by atoms with Crippen LogP contribution in [0.2, 0.25) is 0 Å². The van der Waals surface area contributed by atoms with Crippen LogP contribution < -0.4 is 10.1 Å². The summed E-state index contributed by atoms with van der Waals surface area (Å²) in [6.07, 6.45) is 10.9. The number of hydrogen-bond acceptors (Lipinski definition) is 5. The van der Waals surface area contributed by atoms with Crippen LogP contribution in [-0.2, 0) is 0 Å². The van der Waals surface area contributed by atoms with Gasteiger partial charge in [0.15, 0.2) is 0 Å². The number of anilines is 1. The molecule has 2 aliphatic rings. The molecule has 1 aliphatic heterocycles. The van der Waals surface area contributed by atoms with Crippen molar-refractivity contribution in [3.63, 3.8) is 0 Å². The van der Waals surface area contributed by atoms with Gasteiger partial charge < -0.3 is 14.5 Å². The van der Waals surface area contributed by atoms with Gasteiger partial charge >= 0.3 is 6.03 Å². The molecular formula is C24H30BrN5O3. The molecule has 1 aromatic heterocycles. The Morgan fingerprint density at radius 2 is 1.73 bits per heavy atom. The molecule has 9 heteroatoms. The minimum absolute atomic E-state index is 0.0379. The lowest BCUT2D eigenvalue weighted by Gasteiger charge is -2.34. The molecule has 1 aromatic carbocycles. The molecule has 0 bridgehead atoms. The quantitative estimate of drug-likeness (QED) is 0.608. The molecule has 3 amide bonds. The Morgan fingerprint density at radius 1 is 1.03 bits per heavy atom. The van der Waals surface area contributed by atoms with Crippen molar-refractivity contribution >= 4 is 33.8 Å². The highest BCUT2D eigenvalue weighted by Crippen LogP contribution is 2.26. The summed E-state index contributed by atoms with van der Waals surface area (Å²) in [6, 6.07) is 7.15. The third kappa shape index (κ3) is 6.66. The molecule has 2 aromatic rings. The molecule has 1 saturated carbocycles. The summed E-state index contributed by atoms with van der Waals surface area (Å²) in [5.74, 6) is 1.72. The van der Waals surface area contributed by atoms with Gasteiger partial charge in [-0.2, -0.15) is 0 Å². The van der Waals surface area contributed by atoms with Crippen LogP contribution >= 0.6 is 15.9 Å². The molecule has 0 radical (unpaired) electrons. The Hall–Kier alpha value is -2.68. The molecule has 2 fully saturated rings. The third-order valence-corrected chi connectivity index (χ3v) is 6.70. The first-order valence-electron chi connectivity index (χ1n) is 11.6. The summed E-state index contributed by atoms with van der Waals surface area (Å²) >= 11 is 3.27. The highest BCUT2D eigenvalue weighted by molar-refractivity contribution is 9.10. The first kappa shape index (κ1) is 23.5. The van der Waals surface area contributed by atoms with E-state index in [1.165, 1.54) is 32.1 Å². The van der Waals surface area contributed by atoms with E-state index in [0.29, 0.717) is 38.3 Å². The van der Waals surface area contributed by atoms with E-state index in [4.69, 9.17) is 4.74 Å². The number of piperazine rings is 1. The summed E-state index contributed by atoms with van der Waals surface area (Å²) in [5, 5.41) is 2.69. The molecule has 33 heavy (non-hydrogen) atoms. The standard InChI is InChI=1S/C24H30BrN5O3/c25-20-16-26-23(27-17-20)28-24(32)30-12-10-29(11-13-30)22(31)19-7-4-8-21(15-19)33-14-9-18-5-2-1-3-6-18/h4,7-8,15-18H,1-3,5-6,9-14H2,(H,26,27,28,32). The number of aromatic nitrogens is 2. The van der Waals surface area contributed by atoms with Gasteiger partial charge in [0.2, 0.25) is 5.95 Å². The smallest absolute Gasteiger partial charge is 0.324 e. The molecular weight excluding hydrogens is 486 g/mol. The fourth-order valence-corrected chi connectivity index (χ4v) is 4.59. The lowest BCUT2D eigenvalue weighted by molar-refractivity contribution is 0.0671. The van der Waals surface area contributed by atoms with Crippen molar-refractivity contribution in [1.29, 1.82) is 0 Å². The van der Waals surface area contributed by atoms with Crippen LogP contribution in [0.15, 0.2) is 41.1 Å². The summed E-state index contributed by atoms with van der Waals surface area (Å²) in [4.78, 5) is 37.0. The molecule has 1 N–H and O–H groups in total. The van der Waals surface area contributed by atoms with Crippen molar-refractivity contribution in [3.05, 3.63) is 46.7 Å². The Morgan fingerprint density at radius 3 is 2.45 bits per heavy atom. The van der Waals surface area contributed by atoms with E-state index in [-0.39, 0.29) is 17.9 Å². The van der Waals surface area contributed by atoms with Crippen LogP contribution in [0, 0.1) is 5.92 Å². The highest BCUT2D eigenvalue weighted by Gasteiger charge is 2.25. The first-order chi connectivity index (χ1) is 16.1. The molecule has 0 unspecified atom stereocenters. The van der Waals surface area contributed by atoms with Gasteiger partial charge in [0.25, 0.3) is 5.91 Å². The first-order valence-corrected chi connectivity index (χ1v) is 12.4. The van der Waals surface area contributed by atoms with Gasteiger partial charge in [0.05, 0.1) is 11.1 Å². The summed E-state index contributed by atoms with van der Waals surface area (Å²) in [5.41, 5.74) is 0.617. The number of hydrogen-bond donors (Lipinski definition) is 1. The molecule has 2 heterocycles. The van der Waals surface area contributed by atoms with Crippen LogP contribution in [0.4, 0.5) is 10.7 Å². The van der Waals surface area contributed by atoms with Crippen molar-refractivity contribution in [2.75, 3.05) is 38.1 Å². The molecule has 8 nitrogen and oxygen atoms in total. The van der Waals surface area contributed by atoms with Crippen molar-refractivity contribution in [1.82, 2.24) is 19.8 Å². The number of nitrogens with zero attached hydrogens (tertiary/aromatic N) is 4. The maximum Gasteiger partial charge on any atom is 0.324 e. The van der Waals surface area contributed by atoms with Crippen LogP contribution in [0.3, 0.4) is 0 Å². The Kier molecular flexibility index (Phi) is 8.15. The number of urea groups is 1. The van der Waals surface area contributed by atoms with Crippen molar-refractivity contribution in [3.8, 4) is 5.75 Å². The number of ether oxygens (including phenoxy) is 1. The summed E-state index contributed by atoms with van der Waals surface area (Å²) < 4.78 is 6.69. The van der Waals surface area contributed by atoms with E-state index in [9.17, 15) is 9.59 Å². The summed E-state index contributed by atoms with van der Waals surface area (Å²) in [7, 11) is 0. The number of halogens is 1. The van der Waals surface area contributed by atoms with Gasteiger partial charge in [-0.3, -0.25) is 10.1 Å². The molecule has 1 saturated heterocycles. The zero-order chi connectivity index (χ0) is 23.0. The number of amides is 3. The van der Waals surface area contributed by atoms with E-state index in [2.05, 4.69) is 31.2 Å². The zero-order valence-electron chi connectivity index (χ0n) is 18.7. The second-order valence-electron chi connectivity index (χ2n) is 8.60. The lowest BCUT2D eigenvalue weighted by atomic mass is 9.87. The van der Waals surface area contributed by atoms with Crippen molar-refractivity contribution in [2.45, 2.75) is 38.5 Å². The predicted molar refractivity (Wildman–Crippen MR) is 129 cm³/mol. The SMILES string of the molecule is O=C(Nc1ncc(Br)cn1)N1CCN(C(=O)c2cccc(OCCC3CCCCC3)c2)CC1. The molecule has 0 atom stereocenters. The van der Waals surface area contributed by atoms with E-state index >= 15 is 0 Å². The minimum Gasteiger partial charge on any atom is -0.494 e. The fraction of sp³-hybridized carbons (Fsp3) is 0.500. The van der Waals surface area contributed by atoms with E-state index in [0.717, 1.165) is 22.6 Å². The Labute approximate surface area is 202 Å². The monoisotopic (exact) mass is 515 g/mol.